The molecule has 1 atom stereocenters. The van der Waals surface area contributed by atoms with Gasteiger partial charge >= 0.3 is 0 Å². The summed E-state index contributed by atoms with van der Waals surface area (Å²) in [7, 11) is 0. The van der Waals surface area contributed by atoms with E-state index in [9.17, 15) is 9.18 Å². The summed E-state index contributed by atoms with van der Waals surface area (Å²) < 4.78 is 13.4. The number of aromatic nitrogens is 1. The highest BCUT2D eigenvalue weighted by atomic mass is 19.1. The van der Waals surface area contributed by atoms with Crippen molar-refractivity contribution in [3.8, 4) is 0 Å². The molecule has 0 saturated heterocycles. The number of carbonyl (C=O) groups is 1. The van der Waals surface area contributed by atoms with Gasteiger partial charge in [0.25, 0.3) is 5.91 Å². The van der Waals surface area contributed by atoms with Crippen LogP contribution in [-0.2, 0) is 4.84 Å². The van der Waals surface area contributed by atoms with E-state index in [1.54, 1.807) is 29.4 Å². The maximum absolute atomic E-state index is 13.4. The van der Waals surface area contributed by atoms with Gasteiger partial charge in [-0.3, -0.25) is 9.78 Å². The quantitative estimate of drug-likeness (QED) is 0.760. The first-order chi connectivity index (χ1) is 12.2. The van der Waals surface area contributed by atoms with Gasteiger partial charge in [0.05, 0.1) is 12.3 Å². The number of rotatable bonds is 6. The average Bonchev–Trinajstić information content (AvgIpc) is 3.10. The Labute approximate surface area is 145 Å². The number of pyridine rings is 1. The third kappa shape index (κ3) is 4.09. The Bertz CT molecular complexity index is 792. The number of hydrogen-bond donors (Lipinski definition) is 0. The molecule has 6 heteroatoms. The predicted octanol–water partition coefficient (Wildman–Crippen LogP) is 3.04. The molecule has 128 valence electrons. The van der Waals surface area contributed by atoms with Gasteiger partial charge in [0, 0.05) is 36.5 Å². The van der Waals surface area contributed by atoms with Gasteiger partial charge in [0.2, 0.25) is 0 Å². The topological polar surface area (TPSA) is 54.8 Å². The molecule has 2 aromatic rings. The molecule has 0 saturated carbocycles. The van der Waals surface area contributed by atoms with Crippen molar-refractivity contribution in [1.29, 1.82) is 0 Å². The predicted molar refractivity (Wildman–Crippen MR) is 92.8 cm³/mol. The van der Waals surface area contributed by atoms with Crippen molar-refractivity contribution < 1.29 is 14.0 Å². The van der Waals surface area contributed by atoms with E-state index in [-0.39, 0.29) is 12.0 Å². The van der Waals surface area contributed by atoms with Crippen molar-refractivity contribution in [1.82, 2.24) is 9.88 Å². The molecule has 1 aromatic heterocycles. The van der Waals surface area contributed by atoms with Crippen LogP contribution >= 0.6 is 0 Å². The minimum Gasteiger partial charge on any atom is -0.390 e. The normalized spacial score (nSPS) is 16.0. The Morgan fingerprint density at radius 2 is 2.28 bits per heavy atom. The summed E-state index contributed by atoms with van der Waals surface area (Å²) in [6.45, 7) is 4.37. The Morgan fingerprint density at radius 1 is 1.40 bits per heavy atom. The standard InChI is InChI=1S/C19H18FN3O2/c1-2-9-23(19(24)14-5-3-7-16(20)10-14)13-17-11-18(22-25-17)15-6-4-8-21-12-15/h2-8,10,12,17H,1,9,11,13H2. The fourth-order valence-corrected chi connectivity index (χ4v) is 2.68. The molecule has 5 nitrogen and oxygen atoms in total. The molecule has 3 rings (SSSR count). The molecule has 1 aromatic carbocycles. The first-order valence-corrected chi connectivity index (χ1v) is 7.96. The Hall–Kier alpha value is -3.02. The summed E-state index contributed by atoms with van der Waals surface area (Å²) in [5.41, 5.74) is 2.00. The number of oxime groups is 1. The van der Waals surface area contributed by atoms with E-state index in [2.05, 4.69) is 16.7 Å². The molecule has 0 aliphatic carbocycles. The number of amides is 1. The minimum absolute atomic E-state index is 0.257. The number of benzene rings is 1. The highest BCUT2D eigenvalue weighted by molar-refractivity contribution is 6.01. The van der Waals surface area contributed by atoms with Crippen LogP contribution < -0.4 is 0 Å². The van der Waals surface area contributed by atoms with Crippen LogP contribution in [0.5, 0.6) is 0 Å². The SMILES string of the molecule is C=CCN(CC1CC(c2cccnc2)=NO1)C(=O)c1cccc(F)c1. The lowest BCUT2D eigenvalue weighted by atomic mass is 10.1. The molecule has 0 radical (unpaired) electrons. The molecule has 1 aliphatic heterocycles. The van der Waals surface area contributed by atoms with Crippen LogP contribution in [0.2, 0.25) is 0 Å². The van der Waals surface area contributed by atoms with Gasteiger partial charge in [0.15, 0.2) is 6.10 Å². The highest BCUT2D eigenvalue weighted by Gasteiger charge is 2.27. The molecule has 2 heterocycles. The zero-order valence-corrected chi connectivity index (χ0v) is 13.6. The fraction of sp³-hybridized carbons (Fsp3) is 0.211. The zero-order valence-electron chi connectivity index (χ0n) is 13.6. The van der Waals surface area contributed by atoms with Crippen LogP contribution in [0, 0.1) is 5.82 Å². The molecule has 1 aliphatic rings. The van der Waals surface area contributed by atoms with E-state index in [0.29, 0.717) is 25.1 Å². The number of nitrogens with zero attached hydrogens (tertiary/aromatic N) is 3. The van der Waals surface area contributed by atoms with Crippen molar-refractivity contribution in [2.24, 2.45) is 5.16 Å². The zero-order chi connectivity index (χ0) is 17.6. The third-order valence-corrected chi connectivity index (χ3v) is 3.86. The van der Waals surface area contributed by atoms with Crippen LogP contribution in [0.1, 0.15) is 22.3 Å². The highest BCUT2D eigenvalue weighted by Crippen LogP contribution is 2.18. The molecule has 0 spiro atoms. The Morgan fingerprint density at radius 3 is 3.00 bits per heavy atom. The van der Waals surface area contributed by atoms with Gasteiger partial charge in [-0.2, -0.15) is 0 Å². The summed E-state index contributed by atoms with van der Waals surface area (Å²) in [5, 5.41) is 4.10. The van der Waals surface area contributed by atoms with Gasteiger partial charge < -0.3 is 9.74 Å². The maximum Gasteiger partial charge on any atom is 0.254 e. The Kier molecular flexibility index (Phi) is 5.18. The summed E-state index contributed by atoms with van der Waals surface area (Å²) >= 11 is 0. The van der Waals surface area contributed by atoms with Gasteiger partial charge in [-0.15, -0.1) is 6.58 Å². The largest absolute Gasteiger partial charge is 0.390 e. The maximum atomic E-state index is 13.4. The summed E-state index contributed by atoms with van der Waals surface area (Å²) in [6, 6.07) is 9.40. The van der Waals surface area contributed by atoms with Gasteiger partial charge in [0.1, 0.15) is 5.82 Å². The second kappa shape index (κ2) is 7.70. The van der Waals surface area contributed by atoms with E-state index in [4.69, 9.17) is 4.84 Å². The van der Waals surface area contributed by atoms with Crippen LogP contribution in [-0.4, -0.2) is 40.7 Å². The second-order valence-electron chi connectivity index (χ2n) is 5.72. The fourth-order valence-electron chi connectivity index (χ4n) is 2.68. The lowest BCUT2D eigenvalue weighted by Crippen LogP contribution is -2.37. The van der Waals surface area contributed by atoms with Crippen molar-refractivity contribution in [2.45, 2.75) is 12.5 Å². The van der Waals surface area contributed by atoms with E-state index < -0.39 is 5.82 Å². The molecular formula is C19H18FN3O2. The van der Waals surface area contributed by atoms with E-state index >= 15 is 0 Å². The second-order valence-corrected chi connectivity index (χ2v) is 5.72. The molecule has 1 unspecified atom stereocenters. The molecule has 0 N–H and O–H groups in total. The number of hydrogen-bond acceptors (Lipinski definition) is 4. The van der Waals surface area contributed by atoms with Gasteiger partial charge in [-0.25, -0.2) is 4.39 Å². The summed E-state index contributed by atoms with van der Waals surface area (Å²) in [6.07, 6.45) is 5.38. The first-order valence-electron chi connectivity index (χ1n) is 7.96. The van der Waals surface area contributed by atoms with E-state index in [1.807, 2.05) is 12.1 Å². The summed E-state index contributed by atoms with van der Waals surface area (Å²) in [5.74, 6) is -0.707. The van der Waals surface area contributed by atoms with Crippen LogP contribution in [0.4, 0.5) is 4.39 Å². The molecule has 0 bridgehead atoms. The van der Waals surface area contributed by atoms with E-state index in [1.165, 1.54) is 18.2 Å². The van der Waals surface area contributed by atoms with Crippen LogP contribution in [0.3, 0.4) is 0 Å². The van der Waals surface area contributed by atoms with Crippen LogP contribution in [0.15, 0.2) is 66.6 Å². The molecule has 0 fully saturated rings. The smallest absolute Gasteiger partial charge is 0.254 e. The molecule has 1 amide bonds. The number of halogens is 1. The monoisotopic (exact) mass is 339 g/mol. The third-order valence-electron chi connectivity index (χ3n) is 3.86. The van der Waals surface area contributed by atoms with Crippen molar-refractivity contribution in [3.05, 3.63) is 78.4 Å². The summed E-state index contributed by atoms with van der Waals surface area (Å²) in [4.78, 5) is 23.7. The first kappa shape index (κ1) is 16.8. The lowest BCUT2D eigenvalue weighted by Gasteiger charge is -2.23. The number of carbonyl (C=O) groups excluding carboxylic acids is 1. The molecular weight excluding hydrogens is 321 g/mol. The van der Waals surface area contributed by atoms with Gasteiger partial charge in [-0.05, 0) is 30.3 Å². The van der Waals surface area contributed by atoms with Crippen molar-refractivity contribution >= 4 is 11.6 Å². The lowest BCUT2D eigenvalue weighted by molar-refractivity contribution is 0.0449. The van der Waals surface area contributed by atoms with E-state index in [0.717, 1.165) is 11.3 Å². The van der Waals surface area contributed by atoms with Crippen molar-refractivity contribution in [3.63, 3.8) is 0 Å². The van der Waals surface area contributed by atoms with Gasteiger partial charge in [-0.1, -0.05) is 17.3 Å². The average molecular weight is 339 g/mol. The van der Waals surface area contributed by atoms with Crippen molar-refractivity contribution in [2.75, 3.05) is 13.1 Å². The van der Waals surface area contributed by atoms with Crippen LogP contribution in [0.25, 0.3) is 0 Å². The Balaban J connectivity index is 1.67. The minimum atomic E-state index is -0.441. The molecule has 25 heavy (non-hydrogen) atoms.